The third-order valence-electron chi connectivity index (χ3n) is 2.69. The van der Waals surface area contributed by atoms with Crippen molar-refractivity contribution in [2.24, 2.45) is 5.73 Å². The predicted octanol–water partition coefficient (Wildman–Crippen LogP) is 1.51. The second kappa shape index (κ2) is 5.39. The SMILES string of the molecule is C[C@@H](OC(=O)c1ccc(-n2cccc2)cc1)C(N)=O. The fourth-order valence-electron chi connectivity index (χ4n) is 1.56. The van der Waals surface area contributed by atoms with Crippen molar-refractivity contribution in [3.8, 4) is 5.69 Å². The first-order valence-electron chi connectivity index (χ1n) is 5.81. The van der Waals surface area contributed by atoms with Crippen molar-refractivity contribution < 1.29 is 14.3 Å². The monoisotopic (exact) mass is 258 g/mol. The zero-order valence-corrected chi connectivity index (χ0v) is 10.4. The Hall–Kier alpha value is -2.56. The van der Waals surface area contributed by atoms with E-state index < -0.39 is 18.0 Å². The van der Waals surface area contributed by atoms with Crippen LogP contribution in [0.4, 0.5) is 0 Å². The maximum absolute atomic E-state index is 11.7. The molecule has 5 nitrogen and oxygen atoms in total. The Morgan fingerprint density at radius 1 is 1.16 bits per heavy atom. The van der Waals surface area contributed by atoms with Gasteiger partial charge in [-0.05, 0) is 43.3 Å². The highest BCUT2D eigenvalue weighted by Gasteiger charge is 2.15. The number of primary amides is 1. The van der Waals surface area contributed by atoms with E-state index in [0.717, 1.165) is 5.69 Å². The van der Waals surface area contributed by atoms with Gasteiger partial charge in [-0.3, -0.25) is 4.79 Å². The first-order valence-corrected chi connectivity index (χ1v) is 5.81. The van der Waals surface area contributed by atoms with Crippen LogP contribution in [0.15, 0.2) is 48.8 Å². The maximum atomic E-state index is 11.7. The minimum atomic E-state index is -0.934. The number of rotatable bonds is 4. The second-order valence-corrected chi connectivity index (χ2v) is 4.09. The number of hydrogen-bond donors (Lipinski definition) is 1. The molecule has 0 saturated carbocycles. The largest absolute Gasteiger partial charge is 0.449 e. The molecule has 0 fully saturated rings. The highest BCUT2D eigenvalue weighted by atomic mass is 16.5. The summed E-state index contributed by atoms with van der Waals surface area (Å²) in [5, 5.41) is 0. The number of ether oxygens (including phenoxy) is 1. The zero-order valence-electron chi connectivity index (χ0n) is 10.4. The standard InChI is InChI=1S/C14H14N2O3/c1-10(13(15)17)19-14(18)11-4-6-12(7-5-11)16-8-2-3-9-16/h2-10H,1H3,(H2,15,17)/t10-/m1/s1. The topological polar surface area (TPSA) is 74.3 Å². The van der Waals surface area contributed by atoms with Gasteiger partial charge >= 0.3 is 5.97 Å². The summed E-state index contributed by atoms with van der Waals surface area (Å²) in [6.45, 7) is 1.44. The molecule has 1 aromatic heterocycles. The van der Waals surface area contributed by atoms with Gasteiger partial charge in [-0.25, -0.2) is 4.79 Å². The summed E-state index contributed by atoms with van der Waals surface area (Å²) in [6, 6.07) is 10.7. The number of aromatic nitrogens is 1. The molecule has 0 unspecified atom stereocenters. The van der Waals surface area contributed by atoms with Gasteiger partial charge < -0.3 is 15.0 Å². The second-order valence-electron chi connectivity index (χ2n) is 4.09. The Morgan fingerprint density at radius 2 is 1.74 bits per heavy atom. The Kier molecular flexibility index (Phi) is 3.66. The lowest BCUT2D eigenvalue weighted by molar-refractivity contribution is -0.125. The number of nitrogens with two attached hydrogens (primary N) is 1. The fraction of sp³-hybridized carbons (Fsp3) is 0.143. The Balaban J connectivity index is 2.10. The van der Waals surface area contributed by atoms with Crippen LogP contribution in [0.3, 0.4) is 0 Å². The van der Waals surface area contributed by atoms with Crippen molar-refractivity contribution >= 4 is 11.9 Å². The molecule has 2 N–H and O–H groups in total. The number of carbonyl (C=O) groups excluding carboxylic acids is 2. The van der Waals surface area contributed by atoms with Gasteiger partial charge in [0, 0.05) is 18.1 Å². The quantitative estimate of drug-likeness (QED) is 0.845. The van der Waals surface area contributed by atoms with Gasteiger partial charge in [-0.2, -0.15) is 0 Å². The van der Waals surface area contributed by atoms with Crippen molar-refractivity contribution in [1.82, 2.24) is 4.57 Å². The van der Waals surface area contributed by atoms with Crippen LogP contribution in [-0.4, -0.2) is 22.5 Å². The highest BCUT2D eigenvalue weighted by molar-refractivity contribution is 5.92. The molecule has 1 aromatic carbocycles. The molecule has 2 rings (SSSR count). The van der Waals surface area contributed by atoms with Crippen molar-refractivity contribution in [2.75, 3.05) is 0 Å². The lowest BCUT2D eigenvalue weighted by atomic mass is 10.2. The molecule has 1 atom stereocenters. The van der Waals surface area contributed by atoms with Crippen LogP contribution in [0.2, 0.25) is 0 Å². The maximum Gasteiger partial charge on any atom is 0.338 e. The molecule has 0 spiro atoms. The van der Waals surface area contributed by atoms with Crippen molar-refractivity contribution in [3.63, 3.8) is 0 Å². The summed E-state index contributed by atoms with van der Waals surface area (Å²) in [5.41, 5.74) is 6.34. The number of nitrogens with zero attached hydrogens (tertiary/aromatic N) is 1. The highest BCUT2D eigenvalue weighted by Crippen LogP contribution is 2.11. The van der Waals surface area contributed by atoms with Gasteiger partial charge in [0.25, 0.3) is 5.91 Å². The Bertz CT molecular complexity index is 573. The van der Waals surface area contributed by atoms with E-state index in [0.29, 0.717) is 5.56 Å². The van der Waals surface area contributed by atoms with E-state index in [1.807, 2.05) is 29.1 Å². The average molecular weight is 258 g/mol. The van der Waals surface area contributed by atoms with E-state index in [-0.39, 0.29) is 0 Å². The molecule has 0 aliphatic carbocycles. The summed E-state index contributed by atoms with van der Waals surface area (Å²) < 4.78 is 6.83. The Labute approximate surface area is 110 Å². The van der Waals surface area contributed by atoms with E-state index in [1.165, 1.54) is 6.92 Å². The summed E-state index contributed by atoms with van der Waals surface area (Å²) >= 11 is 0. The van der Waals surface area contributed by atoms with Crippen LogP contribution in [-0.2, 0) is 9.53 Å². The van der Waals surface area contributed by atoms with Gasteiger partial charge in [0.1, 0.15) is 0 Å². The predicted molar refractivity (Wildman–Crippen MR) is 69.8 cm³/mol. The number of hydrogen-bond acceptors (Lipinski definition) is 3. The van der Waals surface area contributed by atoms with E-state index in [2.05, 4.69) is 0 Å². The first kappa shape index (κ1) is 12.9. The van der Waals surface area contributed by atoms with E-state index in [9.17, 15) is 9.59 Å². The smallest absolute Gasteiger partial charge is 0.338 e. The minimum absolute atomic E-state index is 0.379. The van der Waals surface area contributed by atoms with Crippen LogP contribution in [0, 0.1) is 0 Å². The molecular formula is C14H14N2O3. The van der Waals surface area contributed by atoms with Crippen molar-refractivity contribution in [1.29, 1.82) is 0 Å². The Morgan fingerprint density at radius 3 is 2.26 bits per heavy atom. The minimum Gasteiger partial charge on any atom is -0.449 e. The summed E-state index contributed by atoms with van der Waals surface area (Å²) in [7, 11) is 0. The molecule has 5 heteroatoms. The van der Waals surface area contributed by atoms with Gasteiger partial charge in [0.15, 0.2) is 6.10 Å². The molecule has 19 heavy (non-hydrogen) atoms. The molecule has 1 heterocycles. The summed E-state index contributed by atoms with van der Waals surface area (Å²) in [5.74, 6) is -1.23. The number of amides is 1. The zero-order chi connectivity index (χ0) is 13.8. The van der Waals surface area contributed by atoms with Crippen LogP contribution >= 0.6 is 0 Å². The van der Waals surface area contributed by atoms with Gasteiger partial charge in [0.05, 0.1) is 5.56 Å². The third kappa shape index (κ3) is 3.01. The van der Waals surface area contributed by atoms with Crippen LogP contribution in [0.25, 0.3) is 5.69 Å². The molecular weight excluding hydrogens is 244 g/mol. The average Bonchev–Trinajstić information content (AvgIpc) is 2.92. The molecule has 0 bridgehead atoms. The van der Waals surface area contributed by atoms with Crippen molar-refractivity contribution in [3.05, 3.63) is 54.4 Å². The lowest BCUT2D eigenvalue weighted by Gasteiger charge is -2.10. The molecule has 0 aliphatic heterocycles. The number of carbonyl (C=O) groups is 2. The van der Waals surface area contributed by atoms with Crippen LogP contribution < -0.4 is 5.73 Å². The summed E-state index contributed by atoms with van der Waals surface area (Å²) in [4.78, 5) is 22.5. The van der Waals surface area contributed by atoms with E-state index >= 15 is 0 Å². The molecule has 0 saturated heterocycles. The lowest BCUT2D eigenvalue weighted by Crippen LogP contribution is -2.30. The normalized spacial score (nSPS) is 11.8. The van der Waals surface area contributed by atoms with Gasteiger partial charge in [-0.15, -0.1) is 0 Å². The van der Waals surface area contributed by atoms with Gasteiger partial charge in [0.2, 0.25) is 0 Å². The number of benzene rings is 1. The molecule has 0 radical (unpaired) electrons. The molecule has 0 aliphatic rings. The van der Waals surface area contributed by atoms with Crippen molar-refractivity contribution in [2.45, 2.75) is 13.0 Å². The van der Waals surface area contributed by atoms with Gasteiger partial charge in [-0.1, -0.05) is 0 Å². The van der Waals surface area contributed by atoms with Crippen LogP contribution in [0.5, 0.6) is 0 Å². The molecule has 2 aromatic rings. The molecule has 1 amide bonds. The molecule has 98 valence electrons. The number of esters is 1. The van der Waals surface area contributed by atoms with E-state index in [4.69, 9.17) is 10.5 Å². The first-order chi connectivity index (χ1) is 9.08. The fourth-order valence-corrected chi connectivity index (χ4v) is 1.56. The third-order valence-corrected chi connectivity index (χ3v) is 2.69. The van der Waals surface area contributed by atoms with Crippen LogP contribution in [0.1, 0.15) is 17.3 Å². The summed E-state index contributed by atoms with van der Waals surface area (Å²) in [6.07, 6.45) is 2.88. The van der Waals surface area contributed by atoms with E-state index in [1.54, 1.807) is 24.3 Å².